The molecular formula is C14H20ClN3O2. The maximum atomic E-state index is 11.1. The number of carboxylic acids is 1. The first-order chi connectivity index (χ1) is 9.56. The number of aromatic carboxylic acids is 1. The summed E-state index contributed by atoms with van der Waals surface area (Å²) in [6, 6.07) is 3.91. The second-order valence-electron chi connectivity index (χ2n) is 4.91. The molecule has 1 aromatic rings. The Hall–Kier alpha value is -1.33. The van der Waals surface area contributed by atoms with Crippen LogP contribution in [0.5, 0.6) is 0 Å². The Kier molecular flexibility index (Phi) is 4.83. The highest BCUT2D eigenvalue weighted by atomic mass is 35.5. The fraction of sp³-hybridized carbons (Fsp3) is 0.571. The smallest absolute Gasteiger partial charge is 0.356 e. The van der Waals surface area contributed by atoms with Crippen LogP contribution in [0.15, 0.2) is 12.1 Å². The van der Waals surface area contributed by atoms with E-state index in [9.17, 15) is 4.79 Å². The summed E-state index contributed by atoms with van der Waals surface area (Å²) in [4.78, 5) is 19.8. The van der Waals surface area contributed by atoms with Gasteiger partial charge in [0.05, 0.1) is 5.02 Å². The summed E-state index contributed by atoms with van der Waals surface area (Å²) in [7, 11) is 0. The van der Waals surface area contributed by atoms with E-state index in [0.29, 0.717) is 11.9 Å². The predicted molar refractivity (Wildman–Crippen MR) is 79.7 cm³/mol. The molecule has 0 spiro atoms. The molecule has 1 aromatic heterocycles. The zero-order valence-corrected chi connectivity index (χ0v) is 12.6. The van der Waals surface area contributed by atoms with E-state index in [1.54, 1.807) is 12.1 Å². The van der Waals surface area contributed by atoms with Crippen molar-refractivity contribution in [2.24, 2.45) is 0 Å². The van der Waals surface area contributed by atoms with Gasteiger partial charge < -0.3 is 10.0 Å². The fourth-order valence-electron chi connectivity index (χ4n) is 2.75. The van der Waals surface area contributed by atoms with Crippen LogP contribution in [0.2, 0.25) is 5.02 Å². The number of rotatable bonds is 5. The van der Waals surface area contributed by atoms with Gasteiger partial charge in [0.2, 0.25) is 0 Å². The highest BCUT2D eigenvalue weighted by Gasteiger charge is 2.27. The molecule has 1 atom stereocenters. The molecular weight excluding hydrogens is 278 g/mol. The van der Waals surface area contributed by atoms with Crippen molar-refractivity contribution in [1.29, 1.82) is 0 Å². The molecule has 1 unspecified atom stereocenters. The first-order valence-electron chi connectivity index (χ1n) is 6.95. The van der Waals surface area contributed by atoms with Crippen LogP contribution in [0.3, 0.4) is 0 Å². The van der Waals surface area contributed by atoms with Crippen molar-refractivity contribution >= 4 is 23.4 Å². The van der Waals surface area contributed by atoms with E-state index < -0.39 is 5.97 Å². The fourth-order valence-corrected chi connectivity index (χ4v) is 2.93. The van der Waals surface area contributed by atoms with Crippen molar-refractivity contribution in [2.45, 2.75) is 26.3 Å². The molecule has 110 valence electrons. The molecule has 1 aliphatic heterocycles. The largest absolute Gasteiger partial charge is 0.476 e. The number of carbonyl (C=O) groups is 1. The van der Waals surface area contributed by atoms with E-state index in [4.69, 9.17) is 16.7 Å². The summed E-state index contributed by atoms with van der Waals surface area (Å²) in [6.45, 7) is 8.17. The van der Waals surface area contributed by atoms with Gasteiger partial charge in [0, 0.05) is 19.1 Å². The maximum Gasteiger partial charge on any atom is 0.356 e. The first-order valence-corrected chi connectivity index (χ1v) is 7.33. The van der Waals surface area contributed by atoms with E-state index in [-0.39, 0.29) is 10.7 Å². The minimum atomic E-state index is -1.09. The zero-order valence-electron chi connectivity index (χ0n) is 11.8. The summed E-state index contributed by atoms with van der Waals surface area (Å²) in [5.41, 5.74) is -0.0737. The molecule has 1 saturated heterocycles. The molecule has 0 bridgehead atoms. The lowest BCUT2D eigenvalue weighted by atomic mass is 10.2. The van der Waals surface area contributed by atoms with Crippen LogP contribution in [-0.4, -0.2) is 53.2 Å². The first kappa shape index (κ1) is 15.1. The maximum absolute atomic E-state index is 11.1. The lowest BCUT2D eigenvalue weighted by molar-refractivity contribution is 0.0691. The van der Waals surface area contributed by atoms with Gasteiger partial charge in [-0.1, -0.05) is 25.4 Å². The van der Waals surface area contributed by atoms with Gasteiger partial charge in [0.25, 0.3) is 0 Å². The molecule has 0 radical (unpaired) electrons. The Morgan fingerprint density at radius 2 is 2.20 bits per heavy atom. The van der Waals surface area contributed by atoms with Gasteiger partial charge in [-0.2, -0.15) is 0 Å². The van der Waals surface area contributed by atoms with Crippen molar-refractivity contribution in [3.05, 3.63) is 22.8 Å². The summed E-state index contributed by atoms with van der Waals surface area (Å²) in [5, 5.41) is 9.26. The van der Waals surface area contributed by atoms with Crippen LogP contribution in [-0.2, 0) is 0 Å². The van der Waals surface area contributed by atoms with Crippen molar-refractivity contribution in [3.8, 4) is 0 Å². The van der Waals surface area contributed by atoms with Crippen LogP contribution >= 0.6 is 11.6 Å². The number of hydrogen-bond acceptors (Lipinski definition) is 4. The Labute approximate surface area is 124 Å². The average Bonchev–Trinajstić information content (AvgIpc) is 2.90. The Morgan fingerprint density at radius 3 is 2.80 bits per heavy atom. The third-order valence-corrected chi connectivity index (χ3v) is 4.16. The zero-order chi connectivity index (χ0) is 14.7. The van der Waals surface area contributed by atoms with Gasteiger partial charge in [-0.05, 0) is 31.6 Å². The molecule has 0 aromatic carbocycles. The second-order valence-corrected chi connectivity index (χ2v) is 5.32. The number of halogens is 1. The third-order valence-electron chi connectivity index (χ3n) is 3.85. The number of nitrogens with zero attached hydrogens (tertiary/aromatic N) is 3. The average molecular weight is 298 g/mol. The molecule has 5 nitrogen and oxygen atoms in total. The summed E-state index contributed by atoms with van der Waals surface area (Å²) in [6.07, 6.45) is 1.08. The molecule has 1 fully saturated rings. The molecule has 2 heterocycles. The second kappa shape index (κ2) is 6.41. The van der Waals surface area contributed by atoms with Crippen LogP contribution in [0.1, 0.15) is 30.8 Å². The molecule has 6 heteroatoms. The summed E-state index contributed by atoms with van der Waals surface area (Å²) < 4.78 is 0. The van der Waals surface area contributed by atoms with Crippen LogP contribution < -0.4 is 4.90 Å². The van der Waals surface area contributed by atoms with Gasteiger partial charge in [0.15, 0.2) is 5.69 Å². The summed E-state index contributed by atoms with van der Waals surface area (Å²) >= 11 is 5.85. The van der Waals surface area contributed by atoms with Crippen LogP contribution in [0.25, 0.3) is 0 Å². The molecule has 1 aliphatic rings. The van der Waals surface area contributed by atoms with Crippen LogP contribution in [0.4, 0.5) is 5.82 Å². The molecule has 0 amide bonds. The highest BCUT2D eigenvalue weighted by Crippen LogP contribution is 2.24. The Balaban J connectivity index is 2.14. The normalized spacial score (nSPS) is 18.8. The quantitative estimate of drug-likeness (QED) is 0.904. The number of aromatic nitrogens is 1. The lowest BCUT2D eigenvalue weighted by Crippen LogP contribution is -2.37. The van der Waals surface area contributed by atoms with Gasteiger partial charge in [-0.25, -0.2) is 9.78 Å². The number of likely N-dealkylation sites (N-methyl/N-ethyl adjacent to an activating group) is 1. The number of hydrogen-bond donors (Lipinski definition) is 1. The Morgan fingerprint density at radius 1 is 1.50 bits per heavy atom. The van der Waals surface area contributed by atoms with Crippen molar-refractivity contribution in [3.63, 3.8) is 0 Å². The molecule has 2 rings (SSSR count). The van der Waals surface area contributed by atoms with E-state index in [0.717, 1.165) is 32.6 Å². The molecule has 20 heavy (non-hydrogen) atoms. The molecule has 0 saturated carbocycles. The molecule has 1 N–H and O–H groups in total. The minimum Gasteiger partial charge on any atom is -0.476 e. The highest BCUT2D eigenvalue weighted by molar-refractivity contribution is 6.33. The van der Waals surface area contributed by atoms with Crippen LogP contribution in [0, 0.1) is 0 Å². The lowest BCUT2D eigenvalue weighted by Gasteiger charge is -2.26. The van der Waals surface area contributed by atoms with E-state index in [1.165, 1.54) is 0 Å². The van der Waals surface area contributed by atoms with Gasteiger partial charge >= 0.3 is 5.97 Å². The Bertz CT molecular complexity index is 491. The van der Waals surface area contributed by atoms with Gasteiger partial charge in [0.1, 0.15) is 5.82 Å². The van der Waals surface area contributed by atoms with Crippen molar-refractivity contribution < 1.29 is 9.90 Å². The van der Waals surface area contributed by atoms with Crippen molar-refractivity contribution in [2.75, 3.05) is 31.1 Å². The monoisotopic (exact) mass is 297 g/mol. The number of carboxylic acid groups (broad SMARTS) is 1. The van der Waals surface area contributed by atoms with E-state index in [2.05, 4.69) is 28.6 Å². The van der Waals surface area contributed by atoms with E-state index >= 15 is 0 Å². The number of anilines is 1. The minimum absolute atomic E-state index is 0.0737. The summed E-state index contributed by atoms with van der Waals surface area (Å²) in [5.74, 6) is -0.391. The van der Waals surface area contributed by atoms with Crippen molar-refractivity contribution in [1.82, 2.24) is 9.88 Å². The topological polar surface area (TPSA) is 56.7 Å². The van der Waals surface area contributed by atoms with Gasteiger partial charge in [-0.3, -0.25) is 4.90 Å². The standard InChI is InChI=1S/C14H20ClN3O2/c1-3-17(4-2)10-7-8-18(9-10)12-6-5-11(15)13(16-12)14(19)20/h5-6,10H,3-4,7-9H2,1-2H3,(H,19,20). The predicted octanol–water partition coefficient (Wildman–Crippen LogP) is 2.35. The SMILES string of the molecule is CCN(CC)C1CCN(c2ccc(Cl)c(C(=O)O)n2)C1. The molecule has 0 aliphatic carbocycles. The number of pyridine rings is 1. The third kappa shape index (κ3) is 3.04. The van der Waals surface area contributed by atoms with Gasteiger partial charge in [-0.15, -0.1) is 0 Å². The van der Waals surface area contributed by atoms with E-state index in [1.807, 2.05) is 0 Å².